The Morgan fingerprint density at radius 2 is 1.80 bits per heavy atom. The molecule has 3 atom stereocenters. The molecule has 0 aliphatic carbocycles. The van der Waals surface area contributed by atoms with Gasteiger partial charge in [-0.25, -0.2) is 0 Å². The quantitative estimate of drug-likeness (QED) is 0.375. The zero-order chi connectivity index (χ0) is 21.3. The predicted octanol–water partition coefficient (Wildman–Crippen LogP) is 4.76. The van der Waals surface area contributed by atoms with E-state index in [1.165, 1.54) is 6.07 Å². The van der Waals surface area contributed by atoms with Gasteiger partial charge in [0, 0.05) is 0 Å². The van der Waals surface area contributed by atoms with Crippen LogP contribution in [0.5, 0.6) is 0 Å². The summed E-state index contributed by atoms with van der Waals surface area (Å²) in [4.78, 5) is 2.36. The van der Waals surface area contributed by atoms with Crippen LogP contribution in [0.4, 0.5) is 8.78 Å². The van der Waals surface area contributed by atoms with Gasteiger partial charge in [0.1, 0.15) is 0 Å². The van der Waals surface area contributed by atoms with Crippen LogP contribution in [0.3, 0.4) is 0 Å². The molecule has 0 spiro atoms. The topological polar surface area (TPSA) is 21.7 Å². The number of benzene rings is 1. The molecule has 0 radical (unpaired) electrons. The van der Waals surface area contributed by atoms with Crippen LogP contribution in [0, 0.1) is 11.7 Å². The third kappa shape index (κ3) is 9.72. The molecule has 1 aliphatic heterocycles. The van der Waals surface area contributed by atoms with Gasteiger partial charge in [0.25, 0.3) is 0 Å². The normalized spacial score (nSPS) is 19.6. The van der Waals surface area contributed by atoms with Crippen LogP contribution in [0.15, 0.2) is 24.3 Å². The molecule has 1 aromatic rings. The first-order valence-corrected chi connectivity index (χ1v) is 13.9. The van der Waals surface area contributed by atoms with Crippen molar-refractivity contribution in [3.8, 4) is 0 Å². The Morgan fingerprint density at radius 3 is 2.37 bits per heavy atom. The number of piperidine rings is 1. The Balaban J connectivity index is 0.00000450. The minimum Gasteiger partial charge on any atom is -0.147 e. The molecular weight excluding hydrogens is 511 g/mol. The van der Waals surface area contributed by atoms with Crippen molar-refractivity contribution in [3.63, 3.8) is 0 Å². The van der Waals surface area contributed by atoms with Gasteiger partial charge in [0.15, 0.2) is 0 Å². The van der Waals surface area contributed by atoms with Crippen LogP contribution in [0.25, 0.3) is 0 Å². The number of alkyl halides is 1. The second-order valence-corrected chi connectivity index (χ2v) is 14.0. The van der Waals surface area contributed by atoms with E-state index < -0.39 is 3.43 Å². The van der Waals surface area contributed by atoms with Crippen molar-refractivity contribution in [3.05, 3.63) is 35.6 Å². The molecule has 30 heavy (non-hydrogen) atoms. The SMILES string of the molecule is CCCC(OC)C(CC[C](F)([InH2])CC1CCN(Cc2cccc(F)c2)CC1)OC.Cl. The fourth-order valence-electron chi connectivity index (χ4n) is 4.58. The fraction of sp³-hybridized carbons (Fsp3) is 0.739. The maximum absolute atomic E-state index is 15.4. The number of hydrogen-bond donors (Lipinski definition) is 0. The summed E-state index contributed by atoms with van der Waals surface area (Å²) in [5.41, 5.74) is 1.01. The molecule has 1 aliphatic rings. The number of hydrogen-bond acceptors (Lipinski definition) is 3. The van der Waals surface area contributed by atoms with E-state index in [2.05, 4.69) is 11.8 Å². The third-order valence-corrected chi connectivity index (χ3v) is 8.85. The van der Waals surface area contributed by atoms with Gasteiger partial charge in [-0.1, -0.05) is 0 Å². The summed E-state index contributed by atoms with van der Waals surface area (Å²) in [6.45, 7) is 4.85. The maximum Gasteiger partial charge on any atom is -0.147 e. The van der Waals surface area contributed by atoms with E-state index >= 15 is 4.39 Å². The van der Waals surface area contributed by atoms with Crippen molar-refractivity contribution >= 4 is 36.8 Å². The molecule has 3 nitrogen and oxygen atoms in total. The van der Waals surface area contributed by atoms with E-state index in [0.717, 1.165) is 57.3 Å². The number of likely N-dealkylation sites (tertiary alicyclic amines) is 1. The molecule has 2 rings (SSSR count). The average Bonchev–Trinajstić information content (AvgIpc) is 2.69. The largest absolute Gasteiger partial charge is 0.147 e. The second-order valence-electron chi connectivity index (χ2n) is 8.84. The van der Waals surface area contributed by atoms with E-state index in [4.69, 9.17) is 9.47 Å². The van der Waals surface area contributed by atoms with Crippen molar-refractivity contribution in [2.24, 2.45) is 5.92 Å². The molecule has 0 N–H and O–H groups in total. The van der Waals surface area contributed by atoms with E-state index in [9.17, 15) is 4.39 Å². The molecule has 7 heteroatoms. The van der Waals surface area contributed by atoms with Crippen LogP contribution >= 0.6 is 12.4 Å². The first-order chi connectivity index (χ1) is 13.9. The Kier molecular flexibility index (Phi) is 13.4. The van der Waals surface area contributed by atoms with Gasteiger partial charge >= 0.3 is 190 Å². The summed E-state index contributed by atoms with van der Waals surface area (Å²) in [5.74, 6) is 0.280. The molecule has 0 amide bonds. The van der Waals surface area contributed by atoms with E-state index in [1.807, 2.05) is 6.07 Å². The van der Waals surface area contributed by atoms with Crippen LogP contribution in [0.2, 0.25) is 0 Å². The van der Waals surface area contributed by atoms with Crippen LogP contribution in [0.1, 0.15) is 57.4 Å². The monoisotopic (exact) mass is 549 g/mol. The number of methoxy groups -OCH3 is 2. The number of rotatable bonds is 12. The van der Waals surface area contributed by atoms with Crippen molar-refractivity contribution in [1.29, 1.82) is 0 Å². The summed E-state index contributed by atoms with van der Waals surface area (Å²) >= 11 is -0.0636. The third-order valence-electron chi connectivity index (χ3n) is 6.26. The van der Waals surface area contributed by atoms with Gasteiger partial charge in [0.2, 0.25) is 0 Å². The first-order valence-electron chi connectivity index (χ1n) is 11.1. The first kappa shape index (κ1) is 28.2. The molecule has 0 saturated carbocycles. The summed E-state index contributed by atoms with van der Waals surface area (Å²) in [7, 11) is 3.43. The number of halogens is 3. The van der Waals surface area contributed by atoms with Gasteiger partial charge in [0.05, 0.1) is 0 Å². The second kappa shape index (κ2) is 14.3. The summed E-state index contributed by atoms with van der Waals surface area (Å²) in [6, 6.07) is 6.83. The number of nitrogens with zero attached hydrogens (tertiary/aromatic N) is 1. The molecule has 0 bridgehead atoms. The predicted molar refractivity (Wildman–Crippen MR) is 124 cm³/mol. The van der Waals surface area contributed by atoms with Gasteiger partial charge in [-0.05, 0) is 0 Å². The molecule has 3 unspecified atom stereocenters. The Labute approximate surface area is 202 Å². The molecule has 1 heterocycles. The Hall–Kier alpha value is 0.120. The summed E-state index contributed by atoms with van der Waals surface area (Å²) in [6.07, 6.45) is 6.11. The van der Waals surface area contributed by atoms with Gasteiger partial charge in [-0.15, -0.1) is 12.4 Å². The van der Waals surface area contributed by atoms with Crippen molar-refractivity contribution in [2.45, 2.75) is 74.0 Å². The van der Waals surface area contributed by atoms with E-state index in [-0.39, 0.29) is 54.8 Å². The standard InChI is InChI=1S/C23H36F2NO2.ClH.In.2H/c1-4-6-22(27-2)23(28-3)10-9-21(25)15-18-11-13-26(14-12-18)17-19-7-5-8-20(24)16-19;;;;/h5,7-8,16,18,22-23H,4,6,9-15,17H2,1-3H3;1H;;;. The van der Waals surface area contributed by atoms with Gasteiger partial charge in [-0.3, -0.25) is 0 Å². The van der Waals surface area contributed by atoms with Gasteiger partial charge in [-0.2, -0.15) is 0 Å². The van der Waals surface area contributed by atoms with Crippen LogP contribution in [-0.4, -0.2) is 72.2 Å². The smallest absolute Gasteiger partial charge is 0.147 e. The zero-order valence-corrected chi connectivity index (χ0v) is 25.6. The van der Waals surface area contributed by atoms with Crippen LogP contribution in [-0.2, 0) is 16.0 Å². The Bertz CT molecular complexity index is 600. The molecule has 1 aromatic carbocycles. The average molecular weight is 550 g/mol. The minimum atomic E-state index is -0.974. The van der Waals surface area contributed by atoms with Crippen LogP contribution < -0.4 is 0 Å². The maximum atomic E-state index is 15.4. The van der Waals surface area contributed by atoms with Crippen molar-refractivity contribution in [2.75, 3.05) is 27.3 Å². The molecule has 1 saturated heterocycles. The molecule has 172 valence electrons. The number of ether oxygens (including phenoxy) is 2. The fourth-order valence-corrected chi connectivity index (χ4v) is 7.06. The molecule has 1 fully saturated rings. The van der Waals surface area contributed by atoms with Gasteiger partial charge < -0.3 is 0 Å². The zero-order valence-electron chi connectivity index (χ0n) is 19.0. The molecule has 0 aromatic heterocycles. The van der Waals surface area contributed by atoms with E-state index in [0.29, 0.717) is 18.8 Å². The summed E-state index contributed by atoms with van der Waals surface area (Å²) in [5, 5.41) is 0. The Morgan fingerprint density at radius 1 is 1.17 bits per heavy atom. The van der Waals surface area contributed by atoms with Crippen molar-refractivity contribution < 1.29 is 18.3 Å². The minimum absolute atomic E-state index is 0. The molecular formula is C23H39ClF2InNO2. The van der Waals surface area contributed by atoms with E-state index in [1.54, 1.807) is 26.4 Å². The summed E-state index contributed by atoms with van der Waals surface area (Å²) < 4.78 is 38.9. The van der Waals surface area contributed by atoms with Crippen molar-refractivity contribution in [1.82, 2.24) is 4.90 Å².